The van der Waals surface area contributed by atoms with Gasteiger partial charge >= 0.3 is 0 Å². The zero-order valence-corrected chi connectivity index (χ0v) is 13.8. The molecule has 0 unspecified atom stereocenters. The van der Waals surface area contributed by atoms with E-state index in [1.165, 1.54) is 4.90 Å². The van der Waals surface area contributed by atoms with Crippen molar-refractivity contribution in [3.63, 3.8) is 0 Å². The van der Waals surface area contributed by atoms with Gasteiger partial charge in [-0.05, 0) is 18.1 Å². The van der Waals surface area contributed by atoms with Crippen molar-refractivity contribution in [1.82, 2.24) is 9.80 Å². The van der Waals surface area contributed by atoms with Crippen molar-refractivity contribution in [3.05, 3.63) is 33.8 Å². The molecular formula is C15H19BrF2N2O. The van der Waals surface area contributed by atoms with Crippen molar-refractivity contribution >= 4 is 21.8 Å². The molecule has 0 aliphatic carbocycles. The topological polar surface area (TPSA) is 23.6 Å². The molecule has 0 saturated carbocycles. The van der Waals surface area contributed by atoms with Gasteiger partial charge in [0.15, 0.2) is 0 Å². The van der Waals surface area contributed by atoms with Gasteiger partial charge in [0, 0.05) is 37.2 Å². The predicted molar refractivity (Wildman–Crippen MR) is 81.2 cm³/mol. The molecule has 0 spiro atoms. The second-order valence-corrected chi connectivity index (χ2v) is 6.65. The van der Waals surface area contributed by atoms with Gasteiger partial charge in [-0.2, -0.15) is 0 Å². The van der Waals surface area contributed by atoms with Crippen LogP contribution < -0.4 is 0 Å². The Hall–Kier alpha value is -1.01. The highest BCUT2D eigenvalue weighted by atomic mass is 79.9. The number of nitrogens with zero attached hydrogens (tertiary/aromatic N) is 2. The fraction of sp³-hybridized carbons (Fsp3) is 0.533. The molecule has 1 amide bonds. The summed E-state index contributed by atoms with van der Waals surface area (Å²) in [5.74, 6) is -1.65. The third-order valence-corrected chi connectivity index (χ3v) is 3.96. The zero-order valence-electron chi connectivity index (χ0n) is 12.2. The van der Waals surface area contributed by atoms with Gasteiger partial charge in [-0.25, -0.2) is 8.78 Å². The Labute approximate surface area is 132 Å². The van der Waals surface area contributed by atoms with Gasteiger partial charge in [0.2, 0.25) is 0 Å². The fourth-order valence-electron chi connectivity index (χ4n) is 2.55. The first-order valence-corrected chi connectivity index (χ1v) is 7.84. The summed E-state index contributed by atoms with van der Waals surface area (Å²) in [5, 5.41) is 0. The minimum absolute atomic E-state index is 0.288. The quantitative estimate of drug-likeness (QED) is 0.826. The second kappa shape index (κ2) is 6.83. The van der Waals surface area contributed by atoms with Gasteiger partial charge in [-0.1, -0.05) is 29.8 Å². The first-order chi connectivity index (χ1) is 9.88. The molecule has 1 aromatic carbocycles. The Kier molecular flexibility index (Phi) is 5.32. The lowest BCUT2D eigenvalue weighted by Gasteiger charge is -2.35. The molecule has 1 fully saturated rings. The number of rotatable bonds is 3. The highest BCUT2D eigenvalue weighted by Crippen LogP contribution is 2.21. The van der Waals surface area contributed by atoms with Crippen molar-refractivity contribution in [1.29, 1.82) is 0 Å². The molecule has 2 rings (SSSR count). The van der Waals surface area contributed by atoms with E-state index in [0.29, 0.717) is 19.0 Å². The van der Waals surface area contributed by atoms with Crippen molar-refractivity contribution in [3.8, 4) is 0 Å². The van der Waals surface area contributed by atoms with Crippen molar-refractivity contribution in [2.75, 3.05) is 32.7 Å². The predicted octanol–water partition coefficient (Wildman–Crippen LogP) is 3.14. The molecule has 0 bridgehead atoms. The summed E-state index contributed by atoms with van der Waals surface area (Å²) in [6.45, 7) is 7.74. The Morgan fingerprint density at radius 1 is 1.19 bits per heavy atom. The van der Waals surface area contributed by atoms with E-state index in [1.54, 1.807) is 0 Å². The largest absolute Gasteiger partial charge is 0.336 e. The maximum absolute atomic E-state index is 13.8. The molecule has 1 aromatic rings. The number of halogens is 3. The summed E-state index contributed by atoms with van der Waals surface area (Å²) in [5.41, 5.74) is -0.462. The van der Waals surface area contributed by atoms with Gasteiger partial charge < -0.3 is 4.90 Å². The maximum atomic E-state index is 13.8. The first kappa shape index (κ1) is 16.4. The smallest absolute Gasteiger partial charge is 0.259 e. The fourth-order valence-corrected chi connectivity index (χ4v) is 2.96. The zero-order chi connectivity index (χ0) is 15.6. The highest BCUT2D eigenvalue weighted by Gasteiger charge is 2.27. The van der Waals surface area contributed by atoms with Gasteiger partial charge in [0.1, 0.15) is 17.2 Å². The molecule has 1 aliphatic rings. The number of carbonyl (C=O) groups is 1. The molecule has 116 valence electrons. The van der Waals surface area contributed by atoms with Crippen LogP contribution in [0.3, 0.4) is 0 Å². The minimum Gasteiger partial charge on any atom is -0.336 e. The number of hydrogen-bond donors (Lipinski definition) is 0. The molecule has 0 atom stereocenters. The number of piperazine rings is 1. The normalized spacial score (nSPS) is 16.6. The lowest BCUT2D eigenvalue weighted by molar-refractivity contribution is 0.0614. The second-order valence-electron chi connectivity index (χ2n) is 5.73. The van der Waals surface area contributed by atoms with Crippen LogP contribution in [-0.2, 0) is 0 Å². The van der Waals surface area contributed by atoms with Crippen LogP contribution >= 0.6 is 15.9 Å². The third kappa shape index (κ3) is 4.01. The van der Waals surface area contributed by atoms with E-state index in [2.05, 4.69) is 34.7 Å². The van der Waals surface area contributed by atoms with Crippen LogP contribution in [0, 0.1) is 17.6 Å². The molecule has 0 radical (unpaired) electrons. The van der Waals surface area contributed by atoms with Crippen LogP contribution in [0.1, 0.15) is 24.2 Å². The number of benzene rings is 1. The van der Waals surface area contributed by atoms with Gasteiger partial charge in [-0.15, -0.1) is 0 Å². The van der Waals surface area contributed by atoms with E-state index in [9.17, 15) is 13.6 Å². The summed E-state index contributed by atoms with van der Waals surface area (Å²) in [6.07, 6.45) is 0. The molecule has 1 aliphatic heterocycles. The summed E-state index contributed by atoms with van der Waals surface area (Å²) in [6, 6.07) is 2.23. The SMILES string of the molecule is CC(C)CN1CCN(C(=O)c2c(F)cc(Br)cc2F)CC1. The molecule has 21 heavy (non-hydrogen) atoms. The summed E-state index contributed by atoms with van der Waals surface area (Å²) >= 11 is 3.01. The Morgan fingerprint density at radius 2 is 1.71 bits per heavy atom. The minimum atomic E-state index is -0.823. The maximum Gasteiger partial charge on any atom is 0.259 e. The van der Waals surface area contributed by atoms with E-state index in [4.69, 9.17) is 0 Å². The third-order valence-electron chi connectivity index (χ3n) is 3.50. The average molecular weight is 361 g/mol. The number of hydrogen-bond acceptors (Lipinski definition) is 2. The Morgan fingerprint density at radius 3 is 2.19 bits per heavy atom. The Bertz CT molecular complexity index is 505. The monoisotopic (exact) mass is 360 g/mol. The summed E-state index contributed by atoms with van der Waals surface area (Å²) in [4.78, 5) is 16.1. The molecule has 6 heteroatoms. The average Bonchev–Trinajstić information content (AvgIpc) is 2.37. The van der Waals surface area contributed by atoms with Crippen LogP contribution in [0.5, 0.6) is 0 Å². The lowest BCUT2D eigenvalue weighted by atomic mass is 10.1. The highest BCUT2D eigenvalue weighted by molar-refractivity contribution is 9.10. The van der Waals surface area contributed by atoms with E-state index in [-0.39, 0.29) is 4.47 Å². The summed E-state index contributed by atoms with van der Waals surface area (Å²) in [7, 11) is 0. The van der Waals surface area contributed by atoms with Gasteiger partial charge in [0.25, 0.3) is 5.91 Å². The number of amides is 1. The van der Waals surface area contributed by atoms with E-state index in [1.807, 2.05) is 0 Å². The first-order valence-electron chi connectivity index (χ1n) is 7.04. The van der Waals surface area contributed by atoms with E-state index < -0.39 is 23.1 Å². The number of carbonyl (C=O) groups excluding carboxylic acids is 1. The van der Waals surface area contributed by atoms with Crippen molar-refractivity contribution in [2.24, 2.45) is 5.92 Å². The molecule has 0 N–H and O–H groups in total. The van der Waals surface area contributed by atoms with Crippen LogP contribution in [0.2, 0.25) is 0 Å². The summed E-state index contributed by atoms with van der Waals surface area (Å²) < 4.78 is 28.0. The molecule has 0 aromatic heterocycles. The van der Waals surface area contributed by atoms with Gasteiger partial charge in [-0.3, -0.25) is 9.69 Å². The van der Waals surface area contributed by atoms with Crippen LogP contribution in [0.4, 0.5) is 8.78 Å². The standard InChI is InChI=1S/C15H19BrF2N2O/c1-10(2)9-19-3-5-20(6-4-19)15(21)14-12(17)7-11(16)8-13(14)18/h7-8,10H,3-6,9H2,1-2H3. The van der Waals surface area contributed by atoms with E-state index >= 15 is 0 Å². The Balaban J connectivity index is 2.06. The van der Waals surface area contributed by atoms with Crippen molar-refractivity contribution < 1.29 is 13.6 Å². The van der Waals surface area contributed by atoms with Gasteiger partial charge in [0.05, 0.1) is 0 Å². The lowest BCUT2D eigenvalue weighted by Crippen LogP contribution is -2.49. The van der Waals surface area contributed by atoms with E-state index in [0.717, 1.165) is 31.8 Å². The molecule has 1 saturated heterocycles. The van der Waals surface area contributed by atoms with Crippen LogP contribution in [-0.4, -0.2) is 48.4 Å². The van der Waals surface area contributed by atoms with Crippen LogP contribution in [0.25, 0.3) is 0 Å². The van der Waals surface area contributed by atoms with Crippen molar-refractivity contribution in [2.45, 2.75) is 13.8 Å². The molecular weight excluding hydrogens is 342 g/mol. The molecule has 1 heterocycles. The molecule has 3 nitrogen and oxygen atoms in total. The van der Waals surface area contributed by atoms with Crippen LogP contribution in [0.15, 0.2) is 16.6 Å².